The predicted octanol–water partition coefficient (Wildman–Crippen LogP) is 3.65. The molecule has 2 aromatic carbocycles. The van der Waals surface area contributed by atoms with Crippen LogP contribution in [-0.2, 0) is 19.1 Å². The third-order valence-corrected chi connectivity index (χ3v) is 5.69. The van der Waals surface area contributed by atoms with E-state index in [1.807, 2.05) is 43.3 Å². The summed E-state index contributed by atoms with van der Waals surface area (Å²) in [5.74, 6) is -0.222. The van der Waals surface area contributed by atoms with Crippen LogP contribution in [0.4, 0.5) is 4.79 Å². The van der Waals surface area contributed by atoms with Crippen LogP contribution in [0, 0.1) is 11.3 Å². The highest BCUT2D eigenvalue weighted by molar-refractivity contribution is 6.04. The van der Waals surface area contributed by atoms with Gasteiger partial charge in [-0.2, -0.15) is 0 Å². The fourth-order valence-corrected chi connectivity index (χ4v) is 3.70. The zero-order valence-electron chi connectivity index (χ0n) is 20.0. The molecule has 1 saturated heterocycles. The van der Waals surface area contributed by atoms with Gasteiger partial charge in [-0.05, 0) is 36.1 Å². The summed E-state index contributed by atoms with van der Waals surface area (Å²) >= 11 is 0. The molecule has 2 atom stereocenters. The molecule has 1 aliphatic heterocycles. The lowest BCUT2D eigenvalue weighted by Gasteiger charge is -2.13. The van der Waals surface area contributed by atoms with E-state index >= 15 is 0 Å². The Kier molecular flexibility index (Phi) is 9.23. The van der Waals surface area contributed by atoms with Crippen LogP contribution in [0.2, 0.25) is 0 Å². The van der Waals surface area contributed by atoms with Gasteiger partial charge >= 0.3 is 12.1 Å². The zero-order valence-corrected chi connectivity index (χ0v) is 20.0. The number of carbonyl (C=O) groups excluding carboxylic acids is 3. The van der Waals surface area contributed by atoms with Gasteiger partial charge in [-0.1, -0.05) is 49.7 Å². The normalized spacial score (nSPS) is 16.8. The lowest BCUT2D eigenvalue weighted by atomic mass is 10.0. The molecule has 1 fully saturated rings. The monoisotopic (exact) mass is 481 g/mol. The number of benzene rings is 2. The van der Waals surface area contributed by atoms with Crippen LogP contribution in [0.3, 0.4) is 0 Å². The maximum atomic E-state index is 12.2. The summed E-state index contributed by atoms with van der Waals surface area (Å²) < 4.78 is 15.5. The van der Waals surface area contributed by atoms with E-state index in [0.717, 1.165) is 24.0 Å². The number of ether oxygens (including phenoxy) is 3. The molecule has 2 amide bonds. The Morgan fingerprint density at radius 1 is 1.09 bits per heavy atom. The Morgan fingerprint density at radius 3 is 2.37 bits per heavy atom. The molecule has 0 bridgehead atoms. The highest BCUT2D eigenvalue weighted by Crippen LogP contribution is 2.24. The van der Waals surface area contributed by atoms with Crippen LogP contribution in [0.1, 0.15) is 38.2 Å². The van der Waals surface area contributed by atoms with Crippen LogP contribution in [-0.4, -0.2) is 50.2 Å². The summed E-state index contributed by atoms with van der Waals surface area (Å²) in [6, 6.07) is 14.6. The van der Waals surface area contributed by atoms with Gasteiger partial charge in [0.25, 0.3) is 0 Å². The quantitative estimate of drug-likeness (QED) is 0.206. The molecule has 2 aromatic rings. The van der Waals surface area contributed by atoms with E-state index in [1.54, 1.807) is 12.1 Å². The summed E-state index contributed by atoms with van der Waals surface area (Å²) in [6.45, 7) is 2.73. The van der Waals surface area contributed by atoms with Crippen LogP contribution in [0.25, 0.3) is 11.1 Å². The highest BCUT2D eigenvalue weighted by Gasteiger charge is 2.34. The number of hydrogen-bond donors (Lipinski definition) is 3. The van der Waals surface area contributed by atoms with Crippen LogP contribution in [0.15, 0.2) is 48.5 Å². The van der Waals surface area contributed by atoms with Gasteiger partial charge in [-0.15, -0.1) is 0 Å². The molecule has 0 spiro atoms. The van der Waals surface area contributed by atoms with E-state index in [-0.39, 0.29) is 36.1 Å². The van der Waals surface area contributed by atoms with Crippen molar-refractivity contribution in [2.75, 3.05) is 20.3 Å². The van der Waals surface area contributed by atoms with Crippen molar-refractivity contribution in [3.05, 3.63) is 54.1 Å². The molecule has 0 unspecified atom stereocenters. The van der Waals surface area contributed by atoms with Crippen molar-refractivity contribution < 1.29 is 28.6 Å². The fraction of sp³-hybridized carbons (Fsp3) is 0.385. The van der Waals surface area contributed by atoms with E-state index in [9.17, 15) is 14.4 Å². The molecule has 0 aliphatic carbocycles. The summed E-state index contributed by atoms with van der Waals surface area (Å²) in [5.41, 5.74) is 2.47. The minimum atomic E-state index is -0.688. The van der Waals surface area contributed by atoms with Gasteiger partial charge in [0, 0.05) is 5.56 Å². The van der Waals surface area contributed by atoms with Crippen molar-refractivity contribution in [2.45, 2.75) is 38.6 Å². The first kappa shape index (κ1) is 25.7. The summed E-state index contributed by atoms with van der Waals surface area (Å²) in [7, 11) is 1.24. The van der Waals surface area contributed by atoms with Gasteiger partial charge in [0.15, 0.2) is 0 Å². The molecule has 9 nitrogen and oxygen atoms in total. The lowest BCUT2D eigenvalue weighted by molar-refractivity contribution is -0.146. The standard InChI is InChI=1S/C26H31N3O6/c1-3-4-13-34-23(30)15-20-14-21(28-25(20)31)16-35-22-11-9-18(10-12-22)17-5-7-19(8-6-17)24(27)29-26(32)33-2/h5-12,20-21H,3-4,13-16H2,1-2H3,(H,28,31)(H2,27,29,32)/t20-,21-/m0/s1. The van der Waals surface area contributed by atoms with Gasteiger partial charge in [0.05, 0.1) is 32.1 Å². The average molecular weight is 482 g/mol. The maximum absolute atomic E-state index is 12.2. The zero-order chi connectivity index (χ0) is 25.2. The van der Waals surface area contributed by atoms with Gasteiger partial charge in [0.2, 0.25) is 5.91 Å². The molecule has 0 saturated carbocycles. The second-order valence-electron chi connectivity index (χ2n) is 8.32. The first-order valence-corrected chi connectivity index (χ1v) is 11.6. The average Bonchev–Trinajstić information content (AvgIpc) is 3.21. The number of methoxy groups -OCH3 is 1. The molecule has 0 radical (unpaired) electrons. The van der Waals surface area contributed by atoms with E-state index in [4.69, 9.17) is 14.9 Å². The highest BCUT2D eigenvalue weighted by atomic mass is 16.5. The lowest BCUT2D eigenvalue weighted by Crippen LogP contribution is -2.31. The number of rotatable bonds is 10. The van der Waals surface area contributed by atoms with E-state index in [0.29, 0.717) is 30.9 Å². The molecule has 3 rings (SSSR count). The summed E-state index contributed by atoms with van der Waals surface area (Å²) in [5, 5.41) is 13.1. The Hall–Kier alpha value is -3.88. The van der Waals surface area contributed by atoms with Crippen molar-refractivity contribution in [1.29, 1.82) is 5.41 Å². The van der Waals surface area contributed by atoms with E-state index in [2.05, 4.69) is 15.4 Å². The van der Waals surface area contributed by atoms with Gasteiger partial charge < -0.3 is 19.5 Å². The van der Waals surface area contributed by atoms with E-state index < -0.39 is 6.09 Å². The molecular formula is C26H31N3O6. The number of carbonyl (C=O) groups is 3. The molecule has 0 aromatic heterocycles. The van der Waals surface area contributed by atoms with Crippen LogP contribution in [0.5, 0.6) is 5.75 Å². The van der Waals surface area contributed by atoms with Crippen molar-refractivity contribution in [3.63, 3.8) is 0 Å². The molecule has 35 heavy (non-hydrogen) atoms. The Balaban J connectivity index is 1.47. The fourth-order valence-electron chi connectivity index (χ4n) is 3.70. The summed E-state index contributed by atoms with van der Waals surface area (Å²) in [4.78, 5) is 35.3. The number of esters is 1. The van der Waals surface area contributed by atoms with Crippen molar-refractivity contribution in [2.24, 2.45) is 5.92 Å². The number of amidine groups is 1. The number of hydrogen-bond acceptors (Lipinski definition) is 7. The second-order valence-corrected chi connectivity index (χ2v) is 8.32. The van der Waals surface area contributed by atoms with Crippen molar-refractivity contribution in [1.82, 2.24) is 10.6 Å². The van der Waals surface area contributed by atoms with E-state index in [1.165, 1.54) is 7.11 Å². The molecular weight excluding hydrogens is 450 g/mol. The topological polar surface area (TPSA) is 127 Å². The van der Waals surface area contributed by atoms with Crippen molar-refractivity contribution in [3.8, 4) is 16.9 Å². The Morgan fingerprint density at radius 2 is 1.74 bits per heavy atom. The smallest absolute Gasteiger partial charge is 0.412 e. The minimum absolute atomic E-state index is 0.0400. The third-order valence-electron chi connectivity index (χ3n) is 5.69. The molecule has 1 aliphatic rings. The van der Waals surface area contributed by atoms with Gasteiger partial charge in [-0.3, -0.25) is 20.3 Å². The maximum Gasteiger partial charge on any atom is 0.412 e. The van der Waals surface area contributed by atoms with Crippen LogP contribution < -0.4 is 15.4 Å². The summed E-state index contributed by atoms with van der Waals surface area (Å²) in [6.07, 6.45) is 1.71. The van der Waals surface area contributed by atoms with Gasteiger partial charge in [0.1, 0.15) is 18.2 Å². The molecule has 3 N–H and O–H groups in total. The number of unbranched alkanes of at least 4 members (excludes halogenated alkanes) is 1. The SMILES string of the molecule is CCCCOC(=O)C[C@@H]1C[C@@H](COc2ccc(-c3ccc(C(=N)NC(=O)OC)cc3)cc2)NC1=O. The van der Waals surface area contributed by atoms with Gasteiger partial charge in [-0.25, -0.2) is 4.79 Å². The number of alkyl carbamates (subject to hydrolysis) is 1. The first-order valence-electron chi connectivity index (χ1n) is 11.6. The molecule has 186 valence electrons. The van der Waals surface area contributed by atoms with Crippen LogP contribution >= 0.6 is 0 Å². The Bertz CT molecular complexity index is 1040. The minimum Gasteiger partial charge on any atom is -0.491 e. The largest absolute Gasteiger partial charge is 0.491 e. The third kappa shape index (κ3) is 7.56. The predicted molar refractivity (Wildman–Crippen MR) is 130 cm³/mol. The molecule has 1 heterocycles. The van der Waals surface area contributed by atoms with Crippen molar-refractivity contribution >= 4 is 23.8 Å². The second kappa shape index (κ2) is 12.5. The Labute approximate surface area is 204 Å². The number of nitrogens with one attached hydrogen (secondary N) is 3. The first-order chi connectivity index (χ1) is 16.9. The molecule has 9 heteroatoms. The number of amides is 2.